The Labute approximate surface area is 87.1 Å². The summed E-state index contributed by atoms with van der Waals surface area (Å²) in [5, 5.41) is 16.5. The van der Waals surface area contributed by atoms with Gasteiger partial charge in [-0.15, -0.1) is 0 Å². The Morgan fingerprint density at radius 3 is 3.13 bits per heavy atom. The van der Waals surface area contributed by atoms with Crippen LogP contribution in [0.15, 0.2) is 0 Å². The van der Waals surface area contributed by atoms with Gasteiger partial charge in [-0.05, 0) is 0 Å². The maximum Gasteiger partial charge on any atom is 0.354 e. The molecule has 0 amide bonds. The third-order valence-corrected chi connectivity index (χ3v) is 2.52. The average molecular weight is 210 g/mol. The summed E-state index contributed by atoms with van der Waals surface area (Å²) in [6, 6.07) is 0. The van der Waals surface area contributed by atoms with Gasteiger partial charge in [0.05, 0.1) is 12.2 Å². The molecule has 0 saturated carbocycles. The number of hydrogen-bond acceptors (Lipinski definition) is 4. The van der Waals surface area contributed by atoms with Gasteiger partial charge in [-0.1, -0.05) is 0 Å². The molecule has 6 nitrogen and oxygen atoms in total. The van der Waals surface area contributed by atoms with E-state index in [1.54, 1.807) is 0 Å². The molecule has 82 valence electrons. The van der Waals surface area contributed by atoms with Crippen LogP contribution in [0.2, 0.25) is 0 Å². The number of carboxylic acids is 1. The number of aromatic nitrogens is 2. The normalized spacial score (nSPS) is 15.0. The average Bonchev–Trinajstić information content (AvgIpc) is 2.56. The second kappa shape index (κ2) is 4.00. The maximum atomic E-state index is 11.1. The van der Waals surface area contributed by atoms with E-state index in [0.717, 1.165) is 24.2 Å². The van der Waals surface area contributed by atoms with Gasteiger partial charge in [-0.2, -0.15) is 5.10 Å². The van der Waals surface area contributed by atoms with Crippen molar-refractivity contribution in [2.45, 2.75) is 19.5 Å². The van der Waals surface area contributed by atoms with Gasteiger partial charge < -0.3 is 16.2 Å². The maximum absolute atomic E-state index is 11.1. The number of aromatic carboxylic acids is 1. The number of hydrogen-bond donors (Lipinski definition) is 3. The van der Waals surface area contributed by atoms with Crippen LogP contribution in [-0.2, 0) is 19.5 Å². The first-order valence-corrected chi connectivity index (χ1v) is 4.96. The van der Waals surface area contributed by atoms with Crippen LogP contribution in [-0.4, -0.2) is 33.9 Å². The van der Waals surface area contributed by atoms with Crippen molar-refractivity contribution >= 4 is 5.97 Å². The minimum absolute atomic E-state index is 0.280. The van der Waals surface area contributed by atoms with Crippen molar-refractivity contribution in [2.75, 3.05) is 13.1 Å². The second-order valence-corrected chi connectivity index (χ2v) is 3.52. The molecular formula is C9H14N4O2. The number of nitrogens with two attached hydrogens (primary N) is 1. The molecule has 1 aliphatic rings. The smallest absolute Gasteiger partial charge is 0.354 e. The fraction of sp³-hybridized carbons (Fsp3) is 0.556. The number of fused-ring (bicyclic) bond motifs is 1. The highest BCUT2D eigenvalue weighted by Gasteiger charge is 2.24. The molecule has 0 aromatic carbocycles. The van der Waals surface area contributed by atoms with Gasteiger partial charge in [0.25, 0.3) is 0 Å². The molecule has 4 N–H and O–H groups in total. The van der Waals surface area contributed by atoms with Crippen LogP contribution in [0.5, 0.6) is 0 Å². The third-order valence-electron chi connectivity index (χ3n) is 2.52. The zero-order chi connectivity index (χ0) is 10.8. The number of nitrogens with one attached hydrogen (secondary N) is 1. The number of carbonyl (C=O) groups is 1. The lowest BCUT2D eigenvalue weighted by Crippen LogP contribution is -2.24. The van der Waals surface area contributed by atoms with Crippen LogP contribution in [0, 0.1) is 0 Å². The van der Waals surface area contributed by atoms with Crippen LogP contribution >= 0.6 is 0 Å². The Morgan fingerprint density at radius 1 is 1.67 bits per heavy atom. The molecule has 0 aliphatic carbocycles. The summed E-state index contributed by atoms with van der Waals surface area (Å²) in [5.74, 6) is -0.930. The SMILES string of the molecule is NCCn1nc2c(c1C(=O)O)CNCC2. The number of nitrogens with zero attached hydrogens (tertiary/aromatic N) is 2. The summed E-state index contributed by atoms with van der Waals surface area (Å²) in [7, 11) is 0. The number of rotatable bonds is 3. The monoisotopic (exact) mass is 210 g/mol. The van der Waals surface area contributed by atoms with E-state index in [0.29, 0.717) is 19.6 Å². The zero-order valence-electron chi connectivity index (χ0n) is 8.36. The lowest BCUT2D eigenvalue weighted by molar-refractivity contribution is 0.0682. The Balaban J connectivity index is 2.46. The van der Waals surface area contributed by atoms with Crippen LogP contribution in [0.25, 0.3) is 0 Å². The summed E-state index contributed by atoms with van der Waals surface area (Å²) >= 11 is 0. The summed E-state index contributed by atoms with van der Waals surface area (Å²) in [6.07, 6.45) is 0.785. The number of carboxylic acid groups (broad SMARTS) is 1. The van der Waals surface area contributed by atoms with E-state index in [1.165, 1.54) is 4.68 Å². The van der Waals surface area contributed by atoms with Gasteiger partial charge >= 0.3 is 5.97 Å². The van der Waals surface area contributed by atoms with Gasteiger partial charge in [-0.25, -0.2) is 4.79 Å². The highest BCUT2D eigenvalue weighted by molar-refractivity contribution is 5.87. The molecule has 2 rings (SSSR count). The van der Waals surface area contributed by atoms with Crippen molar-refractivity contribution in [1.29, 1.82) is 0 Å². The van der Waals surface area contributed by atoms with Crippen LogP contribution in [0.4, 0.5) is 0 Å². The Bertz CT molecular complexity index is 386. The zero-order valence-corrected chi connectivity index (χ0v) is 8.36. The first kappa shape index (κ1) is 10.1. The standard InChI is InChI=1S/C9H14N4O2/c10-2-4-13-8(9(14)15)6-5-11-3-1-7(6)12-13/h11H,1-5,10H2,(H,14,15). The van der Waals surface area contributed by atoms with Crippen LogP contribution < -0.4 is 11.1 Å². The topological polar surface area (TPSA) is 93.2 Å². The van der Waals surface area contributed by atoms with E-state index >= 15 is 0 Å². The molecule has 15 heavy (non-hydrogen) atoms. The van der Waals surface area contributed by atoms with E-state index in [4.69, 9.17) is 10.8 Å². The van der Waals surface area contributed by atoms with Crippen molar-refractivity contribution in [3.05, 3.63) is 17.0 Å². The Morgan fingerprint density at radius 2 is 2.47 bits per heavy atom. The second-order valence-electron chi connectivity index (χ2n) is 3.52. The lowest BCUT2D eigenvalue weighted by atomic mass is 10.1. The van der Waals surface area contributed by atoms with Crippen LogP contribution in [0.1, 0.15) is 21.7 Å². The first-order chi connectivity index (χ1) is 7.24. The van der Waals surface area contributed by atoms with Gasteiger partial charge in [0.15, 0.2) is 5.69 Å². The van der Waals surface area contributed by atoms with Crippen molar-refractivity contribution < 1.29 is 9.90 Å². The largest absolute Gasteiger partial charge is 0.477 e. The third kappa shape index (κ3) is 1.73. The quantitative estimate of drug-likeness (QED) is 0.606. The van der Waals surface area contributed by atoms with Gasteiger partial charge in [0, 0.05) is 31.6 Å². The van der Waals surface area contributed by atoms with E-state index in [-0.39, 0.29) is 5.69 Å². The summed E-state index contributed by atoms with van der Waals surface area (Å²) < 4.78 is 1.50. The van der Waals surface area contributed by atoms with E-state index in [1.807, 2.05) is 0 Å². The minimum Gasteiger partial charge on any atom is -0.477 e. The molecule has 6 heteroatoms. The molecule has 0 saturated heterocycles. The summed E-state index contributed by atoms with van der Waals surface area (Å²) in [5.41, 5.74) is 7.39. The Kier molecular flexibility index (Phi) is 2.70. The Hall–Kier alpha value is -1.40. The van der Waals surface area contributed by atoms with Crippen molar-refractivity contribution in [1.82, 2.24) is 15.1 Å². The highest BCUT2D eigenvalue weighted by atomic mass is 16.4. The first-order valence-electron chi connectivity index (χ1n) is 4.96. The molecule has 0 radical (unpaired) electrons. The van der Waals surface area contributed by atoms with E-state index in [9.17, 15) is 4.79 Å². The predicted molar refractivity (Wildman–Crippen MR) is 53.7 cm³/mol. The van der Waals surface area contributed by atoms with Gasteiger partial charge in [-0.3, -0.25) is 4.68 Å². The fourth-order valence-corrected chi connectivity index (χ4v) is 1.88. The fourth-order valence-electron chi connectivity index (χ4n) is 1.88. The molecule has 1 aliphatic heterocycles. The van der Waals surface area contributed by atoms with Crippen molar-refractivity contribution in [3.8, 4) is 0 Å². The molecule has 0 bridgehead atoms. The van der Waals surface area contributed by atoms with E-state index in [2.05, 4.69) is 10.4 Å². The van der Waals surface area contributed by atoms with Gasteiger partial charge in [0.1, 0.15) is 0 Å². The van der Waals surface area contributed by atoms with Crippen molar-refractivity contribution in [2.24, 2.45) is 5.73 Å². The molecule has 2 heterocycles. The molecule has 1 aromatic rings. The predicted octanol–water partition coefficient (Wildman–Crippen LogP) is -0.814. The molecule has 1 aromatic heterocycles. The molecule has 0 unspecified atom stereocenters. The molecule has 0 atom stereocenters. The molecule has 0 spiro atoms. The van der Waals surface area contributed by atoms with Crippen LogP contribution in [0.3, 0.4) is 0 Å². The minimum atomic E-state index is -0.930. The molecular weight excluding hydrogens is 196 g/mol. The summed E-state index contributed by atoms with van der Waals surface area (Å²) in [6.45, 7) is 2.29. The highest BCUT2D eigenvalue weighted by Crippen LogP contribution is 2.17. The van der Waals surface area contributed by atoms with E-state index < -0.39 is 5.97 Å². The van der Waals surface area contributed by atoms with Crippen molar-refractivity contribution in [3.63, 3.8) is 0 Å². The molecule has 0 fully saturated rings. The summed E-state index contributed by atoms with van der Waals surface area (Å²) in [4.78, 5) is 11.1. The lowest BCUT2D eigenvalue weighted by Gasteiger charge is -2.11. The van der Waals surface area contributed by atoms with Gasteiger partial charge in [0.2, 0.25) is 0 Å².